The molecule has 1 N–H and O–H groups in total. The molecule has 24 heavy (non-hydrogen) atoms. The van der Waals surface area contributed by atoms with Gasteiger partial charge in [0.25, 0.3) is 5.91 Å². The van der Waals surface area contributed by atoms with Gasteiger partial charge < -0.3 is 15.2 Å². The molecule has 0 aliphatic carbocycles. The SMILES string of the molecule is CC(C)(C)c1ccc(C(=O)Nc2cc(Cl)cnc2C(=O)[O-])cc1.[Na+]. The number of carboxylic acid groups (broad SMARTS) is 1. The number of nitrogens with one attached hydrogen (secondary N) is 1. The number of nitrogens with zero attached hydrogens (tertiary/aromatic N) is 1. The Hall–Kier alpha value is -1.40. The van der Waals surface area contributed by atoms with Crippen molar-refractivity contribution in [1.29, 1.82) is 0 Å². The van der Waals surface area contributed by atoms with E-state index in [1.807, 2.05) is 12.1 Å². The average Bonchev–Trinajstić information content (AvgIpc) is 2.46. The first-order chi connectivity index (χ1) is 10.7. The summed E-state index contributed by atoms with van der Waals surface area (Å²) < 4.78 is 0. The predicted molar refractivity (Wildman–Crippen MR) is 86.7 cm³/mol. The number of amides is 1. The number of carboxylic acids is 1. The quantitative estimate of drug-likeness (QED) is 0.764. The summed E-state index contributed by atoms with van der Waals surface area (Å²) in [5.41, 5.74) is 1.11. The number of aromatic nitrogens is 1. The van der Waals surface area contributed by atoms with E-state index < -0.39 is 11.9 Å². The monoisotopic (exact) mass is 354 g/mol. The number of aromatic carboxylic acids is 1. The van der Waals surface area contributed by atoms with Gasteiger partial charge in [0, 0.05) is 11.8 Å². The number of benzene rings is 1. The molecular formula is C17H16ClN2NaO3. The molecule has 120 valence electrons. The molecule has 0 unspecified atom stereocenters. The number of pyridine rings is 1. The zero-order valence-electron chi connectivity index (χ0n) is 14.0. The second kappa shape index (κ2) is 8.12. The first-order valence-electron chi connectivity index (χ1n) is 6.97. The smallest absolute Gasteiger partial charge is 0.543 e. The van der Waals surface area contributed by atoms with Crippen molar-refractivity contribution in [2.24, 2.45) is 0 Å². The molecule has 0 atom stereocenters. The van der Waals surface area contributed by atoms with Gasteiger partial charge in [-0.1, -0.05) is 44.5 Å². The molecule has 0 aliphatic heterocycles. The largest absolute Gasteiger partial charge is 1.00 e. The Balaban J connectivity index is 0.00000288. The molecule has 1 amide bonds. The van der Waals surface area contributed by atoms with E-state index in [2.05, 4.69) is 31.1 Å². The van der Waals surface area contributed by atoms with Crippen molar-refractivity contribution in [2.75, 3.05) is 5.32 Å². The van der Waals surface area contributed by atoms with Crippen molar-refractivity contribution < 1.29 is 44.3 Å². The third-order valence-electron chi connectivity index (χ3n) is 3.31. The molecule has 0 radical (unpaired) electrons. The second-order valence-electron chi connectivity index (χ2n) is 6.12. The molecule has 0 saturated heterocycles. The minimum absolute atomic E-state index is 0. The second-order valence-corrected chi connectivity index (χ2v) is 6.56. The molecule has 5 nitrogen and oxygen atoms in total. The van der Waals surface area contributed by atoms with Crippen LogP contribution in [0.15, 0.2) is 36.5 Å². The van der Waals surface area contributed by atoms with Crippen LogP contribution in [0.3, 0.4) is 0 Å². The van der Waals surface area contributed by atoms with Crippen LogP contribution < -0.4 is 40.0 Å². The molecule has 2 aromatic rings. The number of hydrogen-bond acceptors (Lipinski definition) is 4. The Kier molecular flexibility index (Phi) is 6.98. The fourth-order valence-electron chi connectivity index (χ4n) is 2.01. The van der Waals surface area contributed by atoms with Crippen molar-refractivity contribution in [3.8, 4) is 0 Å². The average molecular weight is 355 g/mol. The molecule has 1 aromatic heterocycles. The van der Waals surface area contributed by atoms with Crippen LogP contribution in [0.1, 0.15) is 47.2 Å². The number of halogens is 1. The van der Waals surface area contributed by atoms with Crippen LogP contribution in [0.4, 0.5) is 5.69 Å². The third-order valence-corrected chi connectivity index (χ3v) is 3.52. The minimum Gasteiger partial charge on any atom is -0.543 e. The molecule has 1 aromatic carbocycles. The summed E-state index contributed by atoms with van der Waals surface area (Å²) in [6.07, 6.45) is 1.18. The van der Waals surface area contributed by atoms with Gasteiger partial charge in [-0.15, -0.1) is 0 Å². The third kappa shape index (κ3) is 5.05. The number of rotatable bonds is 3. The molecule has 0 spiro atoms. The van der Waals surface area contributed by atoms with E-state index in [0.29, 0.717) is 5.56 Å². The first kappa shape index (κ1) is 20.6. The van der Waals surface area contributed by atoms with Crippen molar-refractivity contribution >= 4 is 29.2 Å². The summed E-state index contributed by atoms with van der Waals surface area (Å²) in [6.45, 7) is 6.23. The van der Waals surface area contributed by atoms with Crippen LogP contribution in [0.2, 0.25) is 5.02 Å². The van der Waals surface area contributed by atoms with E-state index >= 15 is 0 Å². The Labute approximate surface area is 167 Å². The van der Waals surface area contributed by atoms with Crippen LogP contribution in [-0.2, 0) is 5.41 Å². The zero-order chi connectivity index (χ0) is 17.2. The van der Waals surface area contributed by atoms with Gasteiger partial charge in [0.15, 0.2) is 0 Å². The number of carbonyl (C=O) groups excluding carboxylic acids is 2. The van der Waals surface area contributed by atoms with E-state index in [9.17, 15) is 14.7 Å². The van der Waals surface area contributed by atoms with E-state index in [4.69, 9.17) is 11.6 Å². The topological polar surface area (TPSA) is 82.1 Å². The summed E-state index contributed by atoms with van der Waals surface area (Å²) in [5, 5.41) is 13.8. The number of carbonyl (C=O) groups is 2. The molecular weight excluding hydrogens is 339 g/mol. The summed E-state index contributed by atoms with van der Waals surface area (Å²) in [6, 6.07) is 8.43. The standard InChI is InChI=1S/C17H17ClN2O3.Na/c1-17(2,3)11-6-4-10(5-7-11)15(21)20-13-8-12(18)9-19-14(13)16(22)23;/h4-9H,1-3H3,(H,20,21)(H,22,23);/q;+1/p-1. The van der Waals surface area contributed by atoms with Gasteiger partial charge in [-0.25, -0.2) is 0 Å². The fraction of sp³-hybridized carbons (Fsp3) is 0.235. The van der Waals surface area contributed by atoms with Gasteiger partial charge in [0.05, 0.1) is 16.7 Å². The summed E-state index contributed by atoms with van der Waals surface area (Å²) in [4.78, 5) is 27.0. The van der Waals surface area contributed by atoms with Gasteiger partial charge in [-0.3, -0.25) is 9.78 Å². The number of hydrogen-bond donors (Lipinski definition) is 1. The molecule has 1 heterocycles. The minimum atomic E-state index is -1.49. The first-order valence-corrected chi connectivity index (χ1v) is 7.35. The van der Waals surface area contributed by atoms with Crippen LogP contribution in [-0.4, -0.2) is 16.9 Å². The van der Waals surface area contributed by atoms with Crippen LogP contribution >= 0.6 is 11.6 Å². The van der Waals surface area contributed by atoms with Crippen molar-refractivity contribution in [2.45, 2.75) is 26.2 Å². The maximum atomic E-state index is 12.3. The van der Waals surface area contributed by atoms with E-state index in [1.165, 1.54) is 12.3 Å². The van der Waals surface area contributed by atoms with Crippen molar-refractivity contribution in [3.05, 3.63) is 58.4 Å². The van der Waals surface area contributed by atoms with Gasteiger partial charge in [-0.2, -0.15) is 0 Å². The summed E-state index contributed by atoms with van der Waals surface area (Å²) in [5.74, 6) is -1.93. The normalized spacial score (nSPS) is 10.7. The Morgan fingerprint density at radius 2 is 1.75 bits per heavy atom. The molecule has 7 heteroatoms. The summed E-state index contributed by atoms with van der Waals surface area (Å²) in [7, 11) is 0. The zero-order valence-corrected chi connectivity index (χ0v) is 16.8. The van der Waals surface area contributed by atoms with E-state index in [-0.39, 0.29) is 51.4 Å². The number of anilines is 1. The van der Waals surface area contributed by atoms with Crippen LogP contribution in [0, 0.1) is 0 Å². The van der Waals surface area contributed by atoms with Gasteiger partial charge in [0.2, 0.25) is 0 Å². The molecule has 0 bridgehead atoms. The van der Waals surface area contributed by atoms with E-state index in [0.717, 1.165) is 5.56 Å². The van der Waals surface area contributed by atoms with Gasteiger partial charge >= 0.3 is 29.6 Å². The van der Waals surface area contributed by atoms with Crippen LogP contribution in [0.5, 0.6) is 0 Å². The molecule has 0 saturated carbocycles. The Morgan fingerprint density at radius 3 is 2.25 bits per heavy atom. The van der Waals surface area contributed by atoms with E-state index in [1.54, 1.807) is 12.1 Å². The van der Waals surface area contributed by atoms with Crippen LogP contribution in [0.25, 0.3) is 0 Å². The molecule has 2 rings (SSSR count). The molecule has 0 aliphatic rings. The maximum absolute atomic E-state index is 12.3. The Bertz CT molecular complexity index is 755. The summed E-state index contributed by atoms with van der Waals surface area (Å²) >= 11 is 5.79. The predicted octanol–water partition coefficient (Wildman–Crippen LogP) is -0.348. The van der Waals surface area contributed by atoms with Gasteiger partial charge in [0.1, 0.15) is 5.69 Å². The van der Waals surface area contributed by atoms with Gasteiger partial charge in [-0.05, 0) is 29.2 Å². The van der Waals surface area contributed by atoms with Crippen molar-refractivity contribution in [1.82, 2.24) is 4.98 Å². The Morgan fingerprint density at radius 1 is 1.17 bits per heavy atom. The molecule has 0 fully saturated rings. The maximum Gasteiger partial charge on any atom is 1.00 e. The van der Waals surface area contributed by atoms with Crippen molar-refractivity contribution in [3.63, 3.8) is 0 Å². The fourth-order valence-corrected chi connectivity index (χ4v) is 2.17.